The standard InChI is InChI=1S/C9H18N2O/c1-3-4-5-8-9(12)11-7(2)6-10-8/h7-8,10H,3-6H2,1-2H3,(H,11,12). The van der Waals surface area contributed by atoms with E-state index in [-0.39, 0.29) is 18.0 Å². The second-order valence-corrected chi connectivity index (χ2v) is 3.51. The van der Waals surface area contributed by atoms with Crippen molar-refractivity contribution in [2.24, 2.45) is 0 Å². The first-order valence-corrected chi connectivity index (χ1v) is 4.77. The Morgan fingerprint density at radius 2 is 2.33 bits per heavy atom. The maximum atomic E-state index is 11.3. The summed E-state index contributed by atoms with van der Waals surface area (Å²) >= 11 is 0. The largest absolute Gasteiger partial charge is 0.351 e. The Labute approximate surface area is 73.9 Å². The summed E-state index contributed by atoms with van der Waals surface area (Å²) in [6.45, 7) is 5.06. The summed E-state index contributed by atoms with van der Waals surface area (Å²) in [6.07, 6.45) is 3.25. The van der Waals surface area contributed by atoms with Crippen molar-refractivity contribution >= 4 is 5.91 Å². The molecular formula is C9H18N2O. The molecule has 2 atom stereocenters. The second kappa shape index (κ2) is 4.45. The average Bonchev–Trinajstić information content (AvgIpc) is 2.03. The van der Waals surface area contributed by atoms with Gasteiger partial charge in [-0.1, -0.05) is 19.8 Å². The number of carbonyl (C=O) groups excluding carboxylic acids is 1. The Morgan fingerprint density at radius 1 is 1.58 bits per heavy atom. The van der Waals surface area contributed by atoms with Gasteiger partial charge < -0.3 is 10.6 Å². The van der Waals surface area contributed by atoms with Gasteiger partial charge >= 0.3 is 0 Å². The fraction of sp³-hybridized carbons (Fsp3) is 0.889. The molecule has 3 nitrogen and oxygen atoms in total. The Kier molecular flexibility index (Phi) is 3.53. The molecule has 3 heteroatoms. The molecule has 1 fully saturated rings. The van der Waals surface area contributed by atoms with Crippen molar-refractivity contribution < 1.29 is 4.79 Å². The van der Waals surface area contributed by atoms with Crippen LogP contribution in [0, 0.1) is 0 Å². The molecule has 70 valence electrons. The lowest BCUT2D eigenvalue weighted by Gasteiger charge is -2.28. The van der Waals surface area contributed by atoms with Gasteiger partial charge in [-0.2, -0.15) is 0 Å². The van der Waals surface area contributed by atoms with Gasteiger partial charge in [-0.25, -0.2) is 0 Å². The summed E-state index contributed by atoms with van der Waals surface area (Å²) in [5.41, 5.74) is 0. The van der Waals surface area contributed by atoms with Crippen molar-refractivity contribution in [2.45, 2.75) is 45.2 Å². The number of rotatable bonds is 3. The van der Waals surface area contributed by atoms with Gasteiger partial charge in [-0.05, 0) is 13.3 Å². The average molecular weight is 170 g/mol. The number of hydrogen-bond acceptors (Lipinski definition) is 2. The Hall–Kier alpha value is -0.570. The van der Waals surface area contributed by atoms with Crippen LogP contribution in [0.2, 0.25) is 0 Å². The molecule has 2 unspecified atom stereocenters. The smallest absolute Gasteiger partial charge is 0.237 e. The van der Waals surface area contributed by atoms with Crippen molar-refractivity contribution in [2.75, 3.05) is 6.54 Å². The van der Waals surface area contributed by atoms with Crippen LogP contribution in [0.3, 0.4) is 0 Å². The highest BCUT2D eigenvalue weighted by atomic mass is 16.2. The van der Waals surface area contributed by atoms with Crippen LogP contribution in [0.4, 0.5) is 0 Å². The maximum Gasteiger partial charge on any atom is 0.237 e. The molecule has 1 aliphatic rings. The van der Waals surface area contributed by atoms with E-state index < -0.39 is 0 Å². The van der Waals surface area contributed by atoms with Crippen LogP contribution >= 0.6 is 0 Å². The third kappa shape index (κ3) is 2.48. The van der Waals surface area contributed by atoms with E-state index in [0.29, 0.717) is 0 Å². The molecule has 1 aliphatic heterocycles. The minimum absolute atomic E-state index is 0.0566. The lowest BCUT2D eigenvalue weighted by molar-refractivity contribution is -0.125. The summed E-state index contributed by atoms with van der Waals surface area (Å²) < 4.78 is 0. The molecule has 1 saturated heterocycles. The number of piperazine rings is 1. The SMILES string of the molecule is CCCCC1NCC(C)NC1=O. The molecule has 1 rings (SSSR count). The second-order valence-electron chi connectivity index (χ2n) is 3.51. The first-order valence-electron chi connectivity index (χ1n) is 4.77. The highest BCUT2D eigenvalue weighted by Gasteiger charge is 2.23. The van der Waals surface area contributed by atoms with Crippen molar-refractivity contribution in [3.8, 4) is 0 Å². The zero-order chi connectivity index (χ0) is 8.97. The number of amides is 1. The fourth-order valence-corrected chi connectivity index (χ4v) is 1.45. The van der Waals surface area contributed by atoms with Crippen molar-refractivity contribution in [1.82, 2.24) is 10.6 Å². The van der Waals surface area contributed by atoms with Gasteiger partial charge in [0.25, 0.3) is 0 Å². The molecule has 0 saturated carbocycles. The van der Waals surface area contributed by atoms with Crippen molar-refractivity contribution in [3.05, 3.63) is 0 Å². The van der Waals surface area contributed by atoms with Gasteiger partial charge in [0.15, 0.2) is 0 Å². The first-order chi connectivity index (χ1) is 5.74. The van der Waals surface area contributed by atoms with Gasteiger partial charge in [0.1, 0.15) is 0 Å². The molecular weight excluding hydrogens is 152 g/mol. The quantitative estimate of drug-likeness (QED) is 0.653. The number of nitrogens with one attached hydrogen (secondary N) is 2. The van der Waals surface area contributed by atoms with Gasteiger partial charge in [0.2, 0.25) is 5.91 Å². The van der Waals surface area contributed by atoms with Gasteiger partial charge in [-0.15, -0.1) is 0 Å². The van der Waals surface area contributed by atoms with Crippen LogP contribution in [-0.2, 0) is 4.79 Å². The molecule has 1 amide bonds. The molecule has 0 aliphatic carbocycles. The lowest BCUT2D eigenvalue weighted by atomic mass is 10.1. The fourth-order valence-electron chi connectivity index (χ4n) is 1.45. The molecule has 0 aromatic carbocycles. The molecule has 12 heavy (non-hydrogen) atoms. The van der Waals surface area contributed by atoms with Crippen LogP contribution in [0.5, 0.6) is 0 Å². The molecule has 0 aromatic heterocycles. The van der Waals surface area contributed by atoms with Crippen molar-refractivity contribution in [3.63, 3.8) is 0 Å². The van der Waals surface area contributed by atoms with Gasteiger partial charge in [0.05, 0.1) is 6.04 Å². The third-order valence-corrected chi connectivity index (χ3v) is 2.22. The maximum absolute atomic E-state index is 11.3. The van der Waals surface area contributed by atoms with E-state index in [1.807, 2.05) is 6.92 Å². The van der Waals surface area contributed by atoms with E-state index in [0.717, 1.165) is 25.8 Å². The highest BCUT2D eigenvalue weighted by molar-refractivity contribution is 5.82. The molecule has 0 aromatic rings. The third-order valence-electron chi connectivity index (χ3n) is 2.22. The predicted molar refractivity (Wildman–Crippen MR) is 48.9 cm³/mol. The van der Waals surface area contributed by atoms with E-state index in [1.165, 1.54) is 0 Å². The van der Waals surface area contributed by atoms with E-state index >= 15 is 0 Å². The normalized spacial score (nSPS) is 30.0. The van der Waals surface area contributed by atoms with E-state index in [4.69, 9.17) is 0 Å². The Bertz CT molecular complexity index is 157. The highest BCUT2D eigenvalue weighted by Crippen LogP contribution is 2.04. The number of hydrogen-bond donors (Lipinski definition) is 2. The molecule has 0 spiro atoms. The van der Waals surface area contributed by atoms with Gasteiger partial charge in [-0.3, -0.25) is 4.79 Å². The van der Waals surface area contributed by atoms with Crippen LogP contribution in [0.25, 0.3) is 0 Å². The summed E-state index contributed by atoms with van der Waals surface area (Å²) in [4.78, 5) is 11.3. The summed E-state index contributed by atoms with van der Waals surface area (Å²) in [6, 6.07) is 0.344. The monoisotopic (exact) mass is 170 g/mol. The zero-order valence-corrected chi connectivity index (χ0v) is 7.89. The summed E-state index contributed by atoms with van der Waals surface area (Å²) in [5.74, 6) is 0.169. The predicted octanol–water partition coefficient (Wildman–Crippen LogP) is 0.653. The van der Waals surface area contributed by atoms with E-state index in [9.17, 15) is 4.79 Å². The minimum Gasteiger partial charge on any atom is -0.351 e. The van der Waals surface area contributed by atoms with E-state index in [2.05, 4.69) is 17.6 Å². The minimum atomic E-state index is 0.0566. The molecule has 0 bridgehead atoms. The molecule has 0 radical (unpaired) electrons. The van der Waals surface area contributed by atoms with Crippen LogP contribution in [0.1, 0.15) is 33.1 Å². The van der Waals surface area contributed by atoms with Gasteiger partial charge in [0, 0.05) is 12.6 Å². The first kappa shape index (κ1) is 9.52. The number of carbonyl (C=O) groups is 1. The molecule has 2 N–H and O–H groups in total. The number of unbranched alkanes of at least 4 members (excludes halogenated alkanes) is 1. The Balaban J connectivity index is 2.30. The van der Waals surface area contributed by atoms with Crippen LogP contribution < -0.4 is 10.6 Å². The topological polar surface area (TPSA) is 41.1 Å². The zero-order valence-electron chi connectivity index (χ0n) is 7.89. The van der Waals surface area contributed by atoms with E-state index in [1.54, 1.807) is 0 Å². The summed E-state index contributed by atoms with van der Waals surface area (Å²) in [5, 5.41) is 6.18. The Morgan fingerprint density at radius 3 is 2.92 bits per heavy atom. The van der Waals surface area contributed by atoms with Crippen LogP contribution in [-0.4, -0.2) is 24.5 Å². The summed E-state index contributed by atoms with van der Waals surface area (Å²) in [7, 11) is 0. The van der Waals surface area contributed by atoms with Crippen LogP contribution in [0.15, 0.2) is 0 Å². The molecule has 1 heterocycles. The lowest BCUT2D eigenvalue weighted by Crippen LogP contribution is -2.57. The van der Waals surface area contributed by atoms with Crippen molar-refractivity contribution in [1.29, 1.82) is 0 Å².